The summed E-state index contributed by atoms with van der Waals surface area (Å²) in [6, 6.07) is 6.02. The van der Waals surface area contributed by atoms with Crippen molar-refractivity contribution in [2.45, 2.75) is 17.6 Å². The Bertz CT molecular complexity index is 823. The van der Waals surface area contributed by atoms with E-state index >= 15 is 0 Å². The van der Waals surface area contributed by atoms with Crippen molar-refractivity contribution in [2.75, 3.05) is 12.3 Å². The molecule has 0 saturated carbocycles. The molecule has 1 heterocycles. The SMILES string of the molecule is C=CCN(Cc1cccs1)C(=O)CSc1ccc(C(F)(F)F)cc1[N+](=O)[O-]. The van der Waals surface area contributed by atoms with Crippen LogP contribution in [0.2, 0.25) is 0 Å². The number of carbonyl (C=O) groups excluding carboxylic acids is 1. The van der Waals surface area contributed by atoms with Gasteiger partial charge < -0.3 is 4.90 Å². The first-order valence-corrected chi connectivity index (χ1v) is 9.48. The summed E-state index contributed by atoms with van der Waals surface area (Å²) in [4.78, 5) is 25.2. The van der Waals surface area contributed by atoms with Crippen LogP contribution in [0.25, 0.3) is 0 Å². The number of hydrogen-bond donors (Lipinski definition) is 0. The summed E-state index contributed by atoms with van der Waals surface area (Å²) in [5.41, 5.74) is -1.77. The van der Waals surface area contributed by atoms with E-state index in [1.165, 1.54) is 16.2 Å². The fraction of sp³-hybridized carbons (Fsp3) is 0.235. The van der Waals surface area contributed by atoms with Crippen molar-refractivity contribution in [3.05, 3.63) is 68.9 Å². The predicted molar refractivity (Wildman–Crippen MR) is 98.8 cm³/mol. The topological polar surface area (TPSA) is 63.5 Å². The second kappa shape index (κ2) is 9.05. The molecule has 27 heavy (non-hydrogen) atoms. The van der Waals surface area contributed by atoms with E-state index in [4.69, 9.17) is 0 Å². The molecule has 2 aromatic rings. The molecule has 0 fully saturated rings. The summed E-state index contributed by atoms with van der Waals surface area (Å²) < 4.78 is 38.2. The first-order chi connectivity index (χ1) is 12.7. The minimum Gasteiger partial charge on any atom is -0.333 e. The quantitative estimate of drug-likeness (QED) is 0.263. The van der Waals surface area contributed by atoms with Crippen molar-refractivity contribution < 1.29 is 22.9 Å². The van der Waals surface area contributed by atoms with E-state index in [1.807, 2.05) is 17.5 Å². The predicted octanol–water partition coefficient (Wildman–Crippen LogP) is 4.98. The van der Waals surface area contributed by atoms with Crippen LogP contribution in [-0.2, 0) is 17.5 Å². The number of benzene rings is 1. The van der Waals surface area contributed by atoms with E-state index in [0.29, 0.717) is 19.2 Å². The number of hydrogen-bond acceptors (Lipinski definition) is 5. The molecule has 1 aromatic carbocycles. The first kappa shape index (κ1) is 21.0. The highest BCUT2D eigenvalue weighted by molar-refractivity contribution is 8.00. The van der Waals surface area contributed by atoms with Gasteiger partial charge in [0.15, 0.2) is 0 Å². The summed E-state index contributed by atoms with van der Waals surface area (Å²) in [6.07, 6.45) is -3.11. The van der Waals surface area contributed by atoms with E-state index in [9.17, 15) is 28.1 Å². The van der Waals surface area contributed by atoms with Crippen LogP contribution in [0.5, 0.6) is 0 Å². The Labute approximate surface area is 161 Å². The van der Waals surface area contributed by atoms with Crippen LogP contribution < -0.4 is 0 Å². The number of thiophene rings is 1. The van der Waals surface area contributed by atoms with Crippen molar-refractivity contribution in [1.29, 1.82) is 0 Å². The Morgan fingerprint density at radius 3 is 2.67 bits per heavy atom. The molecule has 2 rings (SSSR count). The number of nitrogens with zero attached hydrogens (tertiary/aromatic N) is 2. The van der Waals surface area contributed by atoms with E-state index in [2.05, 4.69) is 6.58 Å². The third-order valence-electron chi connectivity index (χ3n) is 3.46. The second-order valence-electron chi connectivity index (χ2n) is 5.37. The maximum absolute atomic E-state index is 12.7. The monoisotopic (exact) mass is 416 g/mol. The van der Waals surface area contributed by atoms with Crippen molar-refractivity contribution in [3.63, 3.8) is 0 Å². The zero-order valence-corrected chi connectivity index (χ0v) is 15.6. The Balaban J connectivity index is 2.12. The largest absolute Gasteiger partial charge is 0.416 e. The molecule has 5 nitrogen and oxygen atoms in total. The average Bonchev–Trinajstić information content (AvgIpc) is 3.11. The number of carbonyl (C=O) groups is 1. The zero-order valence-electron chi connectivity index (χ0n) is 13.9. The van der Waals surface area contributed by atoms with E-state index in [-0.39, 0.29) is 16.6 Å². The van der Waals surface area contributed by atoms with E-state index < -0.39 is 22.4 Å². The lowest BCUT2D eigenvalue weighted by Crippen LogP contribution is -2.31. The molecule has 0 radical (unpaired) electrons. The number of halogens is 3. The summed E-state index contributed by atoms with van der Waals surface area (Å²) in [5, 5.41) is 13.0. The molecule has 0 saturated heterocycles. The number of alkyl halides is 3. The van der Waals surface area contributed by atoms with Gasteiger partial charge in [-0.25, -0.2) is 0 Å². The van der Waals surface area contributed by atoms with Crippen LogP contribution in [-0.4, -0.2) is 28.0 Å². The van der Waals surface area contributed by atoms with E-state index in [1.54, 1.807) is 6.08 Å². The van der Waals surface area contributed by atoms with Gasteiger partial charge in [0, 0.05) is 17.5 Å². The zero-order chi connectivity index (χ0) is 20.0. The summed E-state index contributed by atoms with van der Waals surface area (Å²) in [6.45, 7) is 4.28. The molecule has 144 valence electrons. The van der Waals surface area contributed by atoms with E-state index in [0.717, 1.165) is 28.8 Å². The lowest BCUT2D eigenvalue weighted by Gasteiger charge is -2.20. The number of amides is 1. The third-order valence-corrected chi connectivity index (χ3v) is 5.37. The van der Waals surface area contributed by atoms with Crippen molar-refractivity contribution in [3.8, 4) is 0 Å². The van der Waals surface area contributed by atoms with Gasteiger partial charge in [0.2, 0.25) is 5.91 Å². The molecule has 0 N–H and O–H groups in total. The summed E-state index contributed by atoms with van der Waals surface area (Å²) >= 11 is 2.33. The number of thioether (sulfide) groups is 1. The van der Waals surface area contributed by atoms with Crippen LogP contribution in [0.4, 0.5) is 18.9 Å². The molecule has 0 aliphatic carbocycles. The molecular formula is C17H15F3N2O3S2. The van der Waals surface area contributed by atoms with Gasteiger partial charge in [-0.2, -0.15) is 13.2 Å². The minimum absolute atomic E-state index is 0.0102. The Morgan fingerprint density at radius 2 is 2.11 bits per heavy atom. The van der Waals surface area contributed by atoms with Crippen molar-refractivity contribution >= 4 is 34.7 Å². The molecule has 0 aliphatic rings. The van der Waals surface area contributed by atoms with Gasteiger partial charge in [0.05, 0.1) is 27.7 Å². The van der Waals surface area contributed by atoms with Crippen LogP contribution in [0.1, 0.15) is 10.4 Å². The lowest BCUT2D eigenvalue weighted by molar-refractivity contribution is -0.388. The van der Waals surface area contributed by atoms with Gasteiger partial charge in [0.25, 0.3) is 5.69 Å². The smallest absolute Gasteiger partial charge is 0.333 e. The van der Waals surface area contributed by atoms with Gasteiger partial charge >= 0.3 is 6.18 Å². The standard InChI is InChI=1S/C17H15F3N2O3S2/c1-2-7-21(10-13-4-3-8-26-13)16(23)11-27-15-6-5-12(17(18,19)20)9-14(15)22(24)25/h2-6,8-9H,1,7,10-11H2. The fourth-order valence-corrected chi connectivity index (χ4v) is 3.82. The Kier molecular flexibility index (Phi) is 7.03. The molecule has 0 bridgehead atoms. The molecule has 1 aromatic heterocycles. The molecule has 0 atom stereocenters. The van der Waals surface area contributed by atoms with Gasteiger partial charge in [-0.05, 0) is 23.6 Å². The minimum atomic E-state index is -4.68. The Hall–Kier alpha value is -2.33. The Morgan fingerprint density at radius 1 is 1.37 bits per heavy atom. The number of nitro groups is 1. The lowest BCUT2D eigenvalue weighted by atomic mass is 10.2. The normalized spacial score (nSPS) is 11.2. The average molecular weight is 416 g/mol. The van der Waals surface area contributed by atoms with Gasteiger partial charge in [0.1, 0.15) is 0 Å². The number of rotatable bonds is 8. The molecule has 1 amide bonds. The van der Waals surface area contributed by atoms with Crippen LogP contribution in [0.3, 0.4) is 0 Å². The highest BCUT2D eigenvalue weighted by atomic mass is 32.2. The highest BCUT2D eigenvalue weighted by Gasteiger charge is 2.33. The van der Waals surface area contributed by atoms with Gasteiger partial charge in [-0.1, -0.05) is 12.1 Å². The van der Waals surface area contributed by atoms with Gasteiger partial charge in [-0.3, -0.25) is 14.9 Å². The fourth-order valence-electron chi connectivity index (χ4n) is 2.19. The molecule has 0 aliphatic heterocycles. The van der Waals surface area contributed by atoms with Crippen molar-refractivity contribution in [2.24, 2.45) is 0 Å². The number of nitro benzene ring substituents is 1. The molecule has 0 spiro atoms. The van der Waals surface area contributed by atoms with Crippen LogP contribution in [0.15, 0.2) is 53.3 Å². The summed E-state index contributed by atoms with van der Waals surface area (Å²) in [5.74, 6) is -0.423. The molecule has 0 unspecified atom stereocenters. The maximum Gasteiger partial charge on any atom is 0.416 e. The summed E-state index contributed by atoms with van der Waals surface area (Å²) in [7, 11) is 0. The molecule has 10 heteroatoms. The second-order valence-corrected chi connectivity index (χ2v) is 7.42. The van der Waals surface area contributed by atoms with Crippen LogP contribution >= 0.6 is 23.1 Å². The maximum atomic E-state index is 12.7. The highest BCUT2D eigenvalue weighted by Crippen LogP contribution is 2.36. The molecular weight excluding hydrogens is 401 g/mol. The third kappa shape index (κ3) is 5.83. The first-order valence-electron chi connectivity index (χ1n) is 7.62. The van der Waals surface area contributed by atoms with Crippen molar-refractivity contribution in [1.82, 2.24) is 4.90 Å². The van der Waals surface area contributed by atoms with Gasteiger partial charge in [-0.15, -0.1) is 29.7 Å². The van der Waals surface area contributed by atoms with Crippen LogP contribution in [0, 0.1) is 10.1 Å².